The van der Waals surface area contributed by atoms with Crippen LogP contribution in [0.4, 0.5) is 0 Å². The van der Waals surface area contributed by atoms with Gasteiger partial charge < -0.3 is 5.11 Å². The van der Waals surface area contributed by atoms with Crippen molar-refractivity contribution >= 4 is 17.1 Å². The molecule has 31 heavy (non-hydrogen) atoms. The largest absolute Gasteiger partial charge is 0.392 e. The number of aromatic nitrogens is 1. The van der Waals surface area contributed by atoms with Crippen LogP contribution in [-0.2, 0) is 11.2 Å². The number of fused-ring (bicyclic) bond motifs is 7. The van der Waals surface area contributed by atoms with Gasteiger partial charge >= 0.3 is 0 Å². The van der Waals surface area contributed by atoms with Gasteiger partial charge in [0.05, 0.1) is 11.8 Å². The summed E-state index contributed by atoms with van der Waals surface area (Å²) in [6.07, 6.45) is 6.62. The second-order valence-corrected chi connectivity index (χ2v) is 12.3. The molecule has 1 N–H and O–H groups in total. The van der Waals surface area contributed by atoms with Crippen LogP contribution in [0.2, 0.25) is 0 Å². The molecule has 1 heterocycles. The molecular weight excluding hydrogens is 402 g/mol. The van der Waals surface area contributed by atoms with E-state index in [4.69, 9.17) is 4.98 Å². The summed E-state index contributed by atoms with van der Waals surface area (Å²) in [6, 6.07) is 8.65. The van der Waals surface area contributed by atoms with E-state index in [0.717, 1.165) is 50.0 Å². The molecule has 1 aromatic heterocycles. The number of benzene rings is 1. The van der Waals surface area contributed by atoms with E-state index in [2.05, 4.69) is 45.0 Å². The summed E-state index contributed by atoms with van der Waals surface area (Å²) in [4.78, 5) is 19.1. The van der Waals surface area contributed by atoms with Crippen LogP contribution in [0, 0.1) is 35.5 Å². The highest BCUT2D eigenvalue weighted by Gasteiger charge is 2.62. The lowest BCUT2D eigenvalue weighted by molar-refractivity contribution is -0.142. The Hall–Kier alpha value is -1.52. The molecule has 7 atom stereocenters. The quantitative estimate of drug-likeness (QED) is 0.604. The molecule has 4 heteroatoms. The fourth-order valence-electron chi connectivity index (χ4n) is 8.10. The van der Waals surface area contributed by atoms with E-state index in [9.17, 15) is 9.90 Å². The number of carbonyl (C=O) groups excluding carboxylic acids is 1. The standard InChI is InChI=1S/C27H33NO2S/c1-15-4-6-16(7-5-15)25-28-20-11-13-27(3)19-10-12-26(2)18(8-9-22(26)30)17(19)14-21(29)23(27)24(20)31-25/h4-7,17-19,21,23,29H,8-14H2,1-3H3/t17-,18-,19-,21-,23-,26-,27+/m0/s1. The van der Waals surface area contributed by atoms with Crippen LogP contribution in [0.15, 0.2) is 24.3 Å². The molecule has 1 aromatic carbocycles. The molecule has 0 saturated heterocycles. The molecular formula is C27H33NO2S. The number of thiazole rings is 1. The van der Waals surface area contributed by atoms with Crippen LogP contribution < -0.4 is 0 Å². The Morgan fingerprint density at radius 1 is 1.06 bits per heavy atom. The average Bonchev–Trinajstić information content (AvgIpc) is 3.29. The number of aliphatic hydroxyl groups excluding tert-OH is 1. The van der Waals surface area contributed by atoms with E-state index in [1.165, 1.54) is 21.7 Å². The zero-order valence-corrected chi connectivity index (χ0v) is 19.7. The Bertz CT molecular complexity index is 1040. The molecule has 3 nitrogen and oxygen atoms in total. The van der Waals surface area contributed by atoms with Crippen LogP contribution in [0.25, 0.3) is 10.6 Å². The first-order valence-corrected chi connectivity index (χ1v) is 12.9. The first-order chi connectivity index (χ1) is 14.8. The van der Waals surface area contributed by atoms with E-state index in [-0.39, 0.29) is 22.9 Å². The highest BCUT2D eigenvalue weighted by molar-refractivity contribution is 7.15. The fraction of sp³-hybridized carbons (Fsp3) is 0.630. The van der Waals surface area contributed by atoms with Crippen molar-refractivity contribution < 1.29 is 9.90 Å². The van der Waals surface area contributed by atoms with Crippen LogP contribution in [0.3, 0.4) is 0 Å². The lowest BCUT2D eigenvalue weighted by Gasteiger charge is -2.60. The zero-order valence-electron chi connectivity index (χ0n) is 18.9. The second kappa shape index (κ2) is 6.74. The molecule has 4 aliphatic carbocycles. The molecule has 3 saturated carbocycles. The monoisotopic (exact) mass is 435 g/mol. The summed E-state index contributed by atoms with van der Waals surface area (Å²) in [7, 11) is 0. The van der Waals surface area contributed by atoms with Gasteiger partial charge in [0, 0.05) is 28.2 Å². The van der Waals surface area contributed by atoms with Crippen molar-refractivity contribution in [3.63, 3.8) is 0 Å². The summed E-state index contributed by atoms with van der Waals surface area (Å²) < 4.78 is 0. The maximum absolute atomic E-state index is 12.7. The summed E-state index contributed by atoms with van der Waals surface area (Å²) in [5.74, 6) is 2.25. The number of aryl methyl sites for hydroxylation is 2. The van der Waals surface area contributed by atoms with Crippen molar-refractivity contribution in [2.24, 2.45) is 28.6 Å². The predicted octanol–water partition coefficient (Wildman–Crippen LogP) is 5.93. The molecule has 3 fully saturated rings. The highest BCUT2D eigenvalue weighted by Crippen LogP contribution is 2.67. The number of nitrogens with zero attached hydrogens (tertiary/aromatic N) is 1. The molecule has 6 rings (SSSR count). The number of rotatable bonds is 1. The average molecular weight is 436 g/mol. The van der Waals surface area contributed by atoms with Gasteiger partial charge in [0.1, 0.15) is 10.8 Å². The molecule has 0 aliphatic heterocycles. The van der Waals surface area contributed by atoms with Crippen molar-refractivity contribution in [3.8, 4) is 10.6 Å². The minimum Gasteiger partial charge on any atom is -0.392 e. The van der Waals surface area contributed by atoms with Crippen LogP contribution in [0.1, 0.15) is 74.4 Å². The van der Waals surface area contributed by atoms with Crippen LogP contribution >= 0.6 is 11.3 Å². The van der Waals surface area contributed by atoms with Gasteiger partial charge in [0.15, 0.2) is 0 Å². The van der Waals surface area contributed by atoms with Gasteiger partial charge in [-0.15, -0.1) is 11.3 Å². The lowest BCUT2D eigenvalue weighted by atomic mass is 9.45. The van der Waals surface area contributed by atoms with Crippen LogP contribution in [0.5, 0.6) is 0 Å². The van der Waals surface area contributed by atoms with E-state index >= 15 is 0 Å². The third-order valence-corrected chi connectivity index (χ3v) is 11.0. The lowest BCUT2D eigenvalue weighted by Crippen LogP contribution is -2.56. The highest BCUT2D eigenvalue weighted by atomic mass is 32.1. The van der Waals surface area contributed by atoms with Gasteiger partial charge in [0.25, 0.3) is 0 Å². The number of hydrogen-bond donors (Lipinski definition) is 1. The Balaban J connectivity index is 1.38. The van der Waals surface area contributed by atoms with Crippen molar-refractivity contribution in [3.05, 3.63) is 40.4 Å². The van der Waals surface area contributed by atoms with Gasteiger partial charge in [0.2, 0.25) is 0 Å². The van der Waals surface area contributed by atoms with Crippen molar-refractivity contribution in [1.82, 2.24) is 4.98 Å². The van der Waals surface area contributed by atoms with Crippen molar-refractivity contribution in [2.75, 3.05) is 0 Å². The molecule has 164 valence electrons. The van der Waals surface area contributed by atoms with Gasteiger partial charge in [-0.2, -0.15) is 0 Å². The van der Waals surface area contributed by atoms with Crippen LogP contribution in [-0.4, -0.2) is 22.0 Å². The Morgan fingerprint density at radius 2 is 1.84 bits per heavy atom. The molecule has 0 bridgehead atoms. The SMILES string of the molecule is Cc1ccc(-c2nc3c(s2)[C@@H]2[C@@H](O)C[C@@H]4[C@H](CC[C@]5(C)C(=O)CC[C@@H]45)[C@@]2(C)CC3)cc1. The van der Waals surface area contributed by atoms with Gasteiger partial charge in [-0.3, -0.25) is 4.79 Å². The summed E-state index contributed by atoms with van der Waals surface area (Å²) >= 11 is 1.82. The first kappa shape index (κ1) is 20.1. The summed E-state index contributed by atoms with van der Waals surface area (Å²) in [5, 5.41) is 12.6. The zero-order chi connectivity index (χ0) is 21.5. The number of aliphatic hydroxyl groups is 1. The molecule has 0 radical (unpaired) electrons. The normalized spacial score (nSPS) is 41.3. The predicted molar refractivity (Wildman–Crippen MR) is 124 cm³/mol. The topological polar surface area (TPSA) is 50.2 Å². The Kier molecular flexibility index (Phi) is 4.37. The maximum atomic E-state index is 12.7. The van der Waals surface area contributed by atoms with Gasteiger partial charge in [-0.25, -0.2) is 4.98 Å². The van der Waals surface area contributed by atoms with Crippen molar-refractivity contribution in [2.45, 2.75) is 77.7 Å². The number of Topliss-reactive ketones (excluding diaryl/α,β-unsaturated/α-hetero) is 1. The smallest absolute Gasteiger partial charge is 0.139 e. The van der Waals surface area contributed by atoms with Crippen molar-refractivity contribution in [1.29, 1.82) is 0 Å². The second-order valence-electron chi connectivity index (χ2n) is 11.3. The third kappa shape index (κ3) is 2.73. The molecule has 0 spiro atoms. The fourth-order valence-corrected chi connectivity index (χ4v) is 9.54. The number of carbonyl (C=O) groups is 1. The minimum absolute atomic E-state index is 0.110. The Labute approximate surface area is 189 Å². The summed E-state index contributed by atoms with van der Waals surface area (Å²) in [6.45, 7) is 6.79. The van der Waals surface area contributed by atoms with E-state index in [0.29, 0.717) is 23.5 Å². The molecule has 4 aliphatic rings. The number of ketones is 1. The number of hydrogen-bond acceptors (Lipinski definition) is 4. The first-order valence-electron chi connectivity index (χ1n) is 12.1. The third-order valence-electron chi connectivity index (χ3n) is 9.81. The molecule has 0 amide bonds. The Morgan fingerprint density at radius 3 is 2.61 bits per heavy atom. The summed E-state index contributed by atoms with van der Waals surface area (Å²) in [5.41, 5.74) is 3.65. The maximum Gasteiger partial charge on any atom is 0.139 e. The van der Waals surface area contributed by atoms with Gasteiger partial charge in [-0.05, 0) is 68.6 Å². The minimum atomic E-state index is -0.324. The van der Waals surface area contributed by atoms with E-state index < -0.39 is 0 Å². The van der Waals surface area contributed by atoms with E-state index in [1.807, 2.05) is 11.3 Å². The van der Waals surface area contributed by atoms with E-state index in [1.54, 1.807) is 0 Å². The van der Waals surface area contributed by atoms with Gasteiger partial charge in [-0.1, -0.05) is 43.7 Å². The molecule has 2 aromatic rings. The molecule has 0 unspecified atom stereocenters.